The highest BCUT2D eigenvalue weighted by Gasteiger charge is 2.32. The summed E-state index contributed by atoms with van der Waals surface area (Å²) in [5.74, 6) is 0.00137. The lowest BCUT2D eigenvalue weighted by Gasteiger charge is -2.27. The Morgan fingerprint density at radius 1 is 1.48 bits per heavy atom. The van der Waals surface area contributed by atoms with E-state index in [2.05, 4.69) is 0 Å². The second-order valence-electron chi connectivity index (χ2n) is 5.45. The van der Waals surface area contributed by atoms with Gasteiger partial charge in [-0.3, -0.25) is 4.90 Å². The molecule has 0 aromatic heterocycles. The summed E-state index contributed by atoms with van der Waals surface area (Å²) in [7, 11) is -2.96. The zero-order chi connectivity index (χ0) is 15.5. The molecule has 6 heteroatoms. The van der Waals surface area contributed by atoms with E-state index in [0.29, 0.717) is 24.1 Å². The van der Waals surface area contributed by atoms with Gasteiger partial charge in [0, 0.05) is 18.2 Å². The molecule has 1 aliphatic heterocycles. The Morgan fingerprint density at radius 2 is 2.24 bits per heavy atom. The zero-order valence-corrected chi connectivity index (χ0v) is 12.9. The fraction of sp³-hybridized carbons (Fsp3) is 0.533. The van der Waals surface area contributed by atoms with Crippen LogP contribution in [0.1, 0.15) is 30.9 Å². The molecule has 1 heterocycles. The van der Waals surface area contributed by atoms with Crippen molar-refractivity contribution in [1.29, 1.82) is 5.26 Å². The Balaban J connectivity index is 2.19. The molecule has 1 unspecified atom stereocenters. The molecule has 1 fully saturated rings. The van der Waals surface area contributed by atoms with E-state index < -0.39 is 9.84 Å². The smallest absolute Gasteiger partial charge is 0.151 e. The maximum absolute atomic E-state index is 13.9. The second kappa shape index (κ2) is 6.54. The van der Waals surface area contributed by atoms with Crippen LogP contribution in [0.4, 0.5) is 4.39 Å². The number of sulfone groups is 1. The molecule has 1 aromatic carbocycles. The maximum Gasteiger partial charge on any atom is 0.151 e. The van der Waals surface area contributed by atoms with E-state index >= 15 is 0 Å². The average molecular weight is 310 g/mol. The summed E-state index contributed by atoms with van der Waals surface area (Å²) in [5.41, 5.74) is 0.869. The van der Waals surface area contributed by atoms with Gasteiger partial charge in [-0.15, -0.1) is 0 Å². The van der Waals surface area contributed by atoms with Gasteiger partial charge in [-0.05, 0) is 37.6 Å². The van der Waals surface area contributed by atoms with Crippen LogP contribution in [0.5, 0.6) is 0 Å². The van der Waals surface area contributed by atoms with Crippen molar-refractivity contribution in [3.63, 3.8) is 0 Å². The Kier molecular flexibility index (Phi) is 4.96. The summed E-state index contributed by atoms with van der Waals surface area (Å²) in [6.45, 7) is 3.07. The van der Waals surface area contributed by atoms with Crippen LogP contribution >= 0.6 is 0 Å². The summed E-state index contributed by atoms with van der Waals surface area (Å²) in [4.78, 5) is 2.02. The van der Waals surface area contributed by atoms with Crippen molar-refractivity contribution in [2.75, 3.05) is 18.1 Å². The lowest BCUT2D eigenvalue weighted by Crippen LogP contribution is -2.36. The van der Waals surface area contributed by atoms with Crippen molar-refractivity contribution < 1.29 is 12.8 Å². The minimum atomic E-state index is -2.96. The van der Waals surface area contributed by atoms with Gasteiger partial charge in [-0.25, -0.2) is 12.8 Å². The van der Waals surface area contributed by atoms with Gasteiger partial charge < -0.3 is 0 Å². The molecule has 0 aliphatic carbocycles. The average Bonchev–Trinajstić information content (AvgIpc) is 2.81. The number of nitriles is 1. The number of halogens is 1. The fourth-order valence-electron chi connectivity index (χ4n) is 2.73. The standard InChI is InChI=1S/C15H19FN2O2S/c1-2-6-18(14-5-7-21(19,20)11-14)10-13-8-12(9-17)3-4-15(13)16/h3-4,8,14H,2,5-7,10-11H2,1H3. The van der Waals surface area contributed by atoms with Crippen LogP contribution in [0.2, 0.25) is 0 Å². The molecule has 0 radical (unpaired) electrons. The van der Waals surface area contributed by atoms with Crippen LogP contribution in [0.15, 0.2) is 18.2 Å². The third-order valence-corrected chi connectivity index (χ3v) is 5.53. The number of rotatable bonds is 5. The quantitative estimate of drug-likeness (QED) is 0.835. The van der Waals surface area contributed by atoms with Crippen molar-refractivity contribution in [2.45, 2.75) is 32.4 Å². The van der Waals surface area contributed by atoms with Gasteiger partial charge in [0.15, 0.2) is 9.84 Å². The summed E-state index contributed by atoms with van der Waals surface area (Å²) < 4.78 is 37.1. The molecule has 2 rings (SSSR count). The third-order valence-electron chi connectivity index (χ3n) is 3.78. The number of nitrogens with zero attached hydrogens (tertiary/aromatic N) is 2. The number of hydrogen-bond donors (Lipinski definition) is 0. The Hall–Kier alpha value is -1.45. The van der Waals surface area contributed by atoms with Crippen molar-refractivity contribution >= 4 is 9.84 Å². The Bertz CT molecular complexity index is 652. The summed E-state index contributed by atoms with van der Waals surface area (Å²) >= 11 is 0. The molecule has 114 valence electrons. The molecule has 0 saturated carbocycles. The highest BCUT2D eigenvalue weighted by molar-refractivity contribution is 7.91. The van der Waals surface area contributed by atoms with Gasteiger partial charge in [0.1, 0.15) is 5.82 Å². The minimum absolute atomic E-state index is 0.0555. The lowest BCUT2D eigenvalue weighted by molar-refractivity contribution is 0.201. The van der Waals surface area contributed by atoms with E-state index in [4.69, 9.17) is 5.26 Å². The molecular formula is C15H19FN2O2S. The monoisotopic (exact) mass is 310 g/mol. The normalized spacial score (nSPS) is 20.6. The Morgan fingerprint density at radius 3 is 2.81 bits per heavy atom. The van der Waals surface area contributed by atoms with Crippen LogP contribution in [-0.2, 0) is 16.4 Å². The molecule has 1 saturated heterocycles. The molecule has 1 aromatic rings. The molecular weight excluding hydrogens is 291 g/mol. The van der Waals surface area contributed by atoms with E-state index in [1.807, 2.05) is 17.9 Å². The SMILES string of the molecule is CCCN(Cc1cc(C#N)ccc1F)C1CCS(=O)(=O)C1. The fourth-order valence-corrected chi connectivity index (χ4v) is 4.49. The van der Waals surface area contributed by atoms with E-state index in [1.165, 1.54) is 12.1 Å². The largest absolute Gasteiger partial charge is 0.295 e. The summed E-state index contributed by atoms with van der Waals surface area (Å²) in [6.07, 6.45) is 1.47. The van der Waals surface area contributed by atoms with Gasteiger partial charge in [0.25, 0.3) is 0 Å². The molecule has 1 aliphatic rings. The van der Waals surface area contributed by atoms with E-state index in [1.54, 1.807) is 6.07 Å². The van der Waals surface area contributed by atoms with Gasteiger partial charge in [-0.2, -0.15) is 5.26 Å². The first-order valence-corrected chi connectivity index (χ1v) is 8.90. The van der Waals surface area contributed by atoms with Crippen LogP contribution in [0, 0.1) is 17.1 Å². The topological polar surface area (TPSA) is 61.2 Å². The summed E-state index contributed by atoms with van der Waals surface area (Å²) in [5, 5.41) is 8.91. The molecule has 0 N–H and O–H groups in total. The first-order valence-electron chi connectivity index (χ1n) is 7.08. The van der Waals surface area contributed by atoms with Gasteiger partial charge in [0.2, 0.25) is 0 Å². The van der Waals surface area contributed by atoms with Crippen LogP contribution in [0.25, 0.3) is 0 Å². The predicted octanol–water partition coefficient (Wildman–Crippen LogP) is 2.10. The third kappa shape index (κ3) is 4.02. The number of hydrogen-bond acceptors (Lipinski definition) is 4. The molecule has 0 spiro atoms. The molecule has 4 nitrogen and oxygen atoms in total. The first-order chi connectivity index (χ1) is 9.95. The zero-order valence-electron chi connectivity index (χ0n) is 12.0. The van der Waals surface area contributed by atoms with Crippen molar-refractivity contribution in [1.82, 2.24) is 4.90 Å². The molecule has 1 atom stereocenters. The van der Waals surface area contributed by atoms with Crippen molar-refractivity contribution in [2.24, 2.45) is 0 Å². The number of benzene rings is 1. The van der Waals surface area contributed by atoms with Crippen molar-refractivity contribution in [3.05, 3.63) is 35.1 Å². The Labute approximate surface area is 125 Å². The highest BCUT2D eigenvalue weighted by atomic mass is 32.2. The van der Waals surface area contributed by atoms with Crippen LogP contribution in [0.3, 0.4) is 0 Å². The van der Waals surface area contributed by atoms with Gasteiger partial charge in [-0.1, -0.05) is 6.92 Å². The molecule has 0 amide bonds. The van der Waals surface area contributed by atoms with Crippen LogP contribution < -0.4 is 0 Å². The van der Waals surface area contributed by atoms with E-state index in [0.717, 1.165) is 13.0 Å². The summed E-state index contributed by atoms with van der Waals surface area (Å²) in [6, 6.07) is 6.23. The predicted molar refractivity (Wildman–Crippen MR) is 78.9 cm³/mol. The van der Waals surface area contributed by atoms with Gasteiger partial charge >= 0.3 is 0 Å². The highest BCUT2D eigenvalue weighted by Crippen LogP contribution is 2.21. The first kappa shape index (κ1) is 15.9. The maximum atomic E-state index is 13.9. The van der Waals surface area contributed by atoms with Crippen molar-refractivity contribution in [3.8, 4) is 6.07 Å². The minimum Gasteiger partial charge on any atom is -0.295 e. The van der Waals surface area contributed by atoms with Crippen LogP contribution in [-0.4, -0.2) is 37.4 Å². The lowest BCUT2D eigenvalue weighted by atomic mass is 10.1. The van der Waals surface area contributed by atoms with Gasteiger partial charge in [0.05, 0.1) is 23.1 Å². The van der Waals surface area contributed by atoms with E-state index in [-0.39, 0.29) is 23.4 Å². The molecule has 21 heavy (non-hydrogen) atoms. The second-order valence-corrected chi connectivity index (χ2v) is 7.67. The van der Waals surface area contributed by atoms with E-state index in [9.17, 15) is 12.8 Å². The molecule has 0 bridgehead atoms.